The normalized spacial score (nSPS) is 15.8. The quantitative estimate of drug-likeness (QED) is 0.709. The molecule has 1 N–H and O–H groups in total. The molecular weight excluding hydrogens is 356 g/mol. The molecule has 2 amide bonds. The Labute approximate surface area is 165 Å². The van der Waals surface area contributed by atoms with E-state index in [-0.39, 0.29) is 12.1 Å². The number of rotatable bonds is 7. The largest absolute Gasteiger partial charge is 0.497 e. The summed E-state index contributed by atoms with van der Waals surface area (Å²) in [5, 5.41) is 2.98. The van der Waals surface area contributed by atoms with Crippen LogP contribution < -0.4 is 19.5 Å². The van der Waals surface area contributed by atoms with Gasteiger partial charge < -0.3 is 24.4 Å². The molecule has 1 atom stereocenters. The summed E-state index contributed by atoms with van der Waals surface area (Å²) in [5.41, 5.74) is 1.65. The molecule has 0 spiro atoms. The number of hydrogen-bond donors (Lipinski definition) is 1. The van der Waals surface area contributed by atoms with Crippen molar-refractivity contribution in [3.05, 3.63) is 60.7 Å². The zero-order valence-corrected chi connectivity index (χ0v) is 16.3. The lowest BCUT2D eigenvalue weighted by molar-refractivity contribution is 0.206. The second-order valence-corrected chi connectivity index (χ2v) is 6.52. The second kappa shape index (κ2) is 9.17. The van der Waals surface area contributed by atoms with Crippen LogP contribution in [0.3, 0.4) is 0 Å². The van der Waals surface area contributed by atoms with Crippen molar-refractivity contribution in [3.63, 3.8) is 0 Å². The number of anilines is 1. The van der Waals surface area contributed by atoms with E-state index in [4.69, 9.17) is 14.2 Å². The number of nitrogens with one attached hydrogen (secondary N) is 1. The molecule has 6 heteroatoms. The molecule has 148 valence electrons. The van der Waals surface area contributed by atoms with Gasteiger partial charge in [-0.3, -0.25) is 0 Å². The van der Waals surface area contributed by atoms with Crippen LogP contribution in [0.15, 0.2) is 55.1 Å². The van der Waals surface area contributed by atoms with Crippen LogP contribution in [0.2, 0.25) is 0 Å². The third-order valence-corrected chi connectivity index (χ3v) is 4.76. The predicted octanol–water partition coefficient (Wildman–Crippen LogP) is 4.64. The van der Waals surface area contributed by atoms with E-state index < -0.39 is 0 Å². The summed E-state index contributed by atoms with van der Waals surface area (Å²) in [4.78, 5) is 14.8. The standard InChI is InChI=1S/C22H26N2O4/c1-4-13-28-18-8-5-7-16(14-18)23-22(25)24-12-6-9-20(24)19-15-17(26-2)10-11-21(19)27-3/h4-5,7-8,10-11,14-15,20H,1,6,9,12-13H2,2-3H3,(H,23,25). The molecule has 0 aromatic heterocycles. The van der Waals surface area contributed by atoms with Gasteiger partial charge >= 0.3 is 6.03 Å². The number of ether oxygens (including phenoxy) is 3. The summed E-state index contributed by atoms with van der Waals surface area (Å²) in [6, 6.07) is 12.8. The topological polar surface area (TPSA) is 60.0 Å². The fourth-order valence-electron chi connectivity index (χ4n) is 3.45. The monoisotopic (exact) mass is 382 g/mol. The Kier molecular flexibility index (Phi) is 6.42. The van der Waals surface area contributed by atoms with E-state index in [2.05, 4.69) is 11.9 Å². The zero-order chi connectivity index (χ0) is 19.9. The van der Waals surface area contributed by atoms with Crippen LogP contribution in [-0.2, 0) is 0 Å². The molecule has 0 saturated carbocycles. The smallest absolute Gasteiger partial charge is 0.322 e. The number of urea groups is 1. The summed E-state index contributed by atoms with van der Waals surface area (Å²) >= 11 is 0. The van der Waals surface area contributed by atoms with Crippen LogP contribution in [0.25, 0.3) is 0 Å². The highest BCUT2D eigenvalue weighted by atomic mass is 16.5. The molecule has 2 aromatic rings. The van der Waals surface area contributed by atoms with Gasteiger partial charge in [0.05, 0.1) is 20.3 Å². The average molecular weight is 382 g/mol. The van der Waals surface area contributed by atoms with E-state index in [1.54, 1.807) is 26.4 Å². The van der Waals surface area contributed by atoms with Crippen LogP contribution in [0, 0.1) is 0 Å². The maximum absolute atomic E-state index is 13.0. The lowest BCUT2D eigenvalue weighted by Crippen LogP contribution is -2.34. The minimum atomic E-state index is -0.145. The Morgan fingerprint density at radius 2 is 2.07 bits per heavy atom. The van der Waals surface area contributed by atoms with Crippen LogP contribution >= 0.6 is 0 Å². The fourth-order valence-corrected chi connectivity index (χ4v) is 3.45. The maximum Gasteiger partial charge on any atom is 0.322 e. The lowest BCUT2D eigenvalue weighted by atomic mass is 10.0. The summed E-state index contributed by atoms with van der Waals surface area (Å²) in [6.07, 6.45) is 3.49. The van der Waals surface area contributed by atoms with Gasteiger partial charge in [0.15, 0.2) is 0 Å². The molecule has 1 saturated heterocycles. The van der Waals surface area contributed by atoms with Gasteiger partial charge in [-0.25, -0.2) is 4.79 Å². The van der Waals surface area contributed by atoms with Crippen molar-refractivity contribution in [2.75, 3.05) is 32.7 Å². The average Bonchev–Trinajstić information content (AvgIpc) is 3.22. The molecular formula is C22H26N2O4. The van der Waals surface area contributed by atoms with Crippen molar-refractivity contribution in [1.29, 1.82) is 0 Å². The lowest BCUT2D eigenvalue weighted by Gasteiger charge is -2.27. The Morgan fingerprint density at radius 3 is 2.82 bits per heavy atom. The van der Waals surface area contributed by atoms with Crippen LogP contribution in [0.5, 0.6) is 17.2 Å². The fraction of sp³-hybridized carbons (Fsp3) is 0.318. The van der Waals surface area contributed by atoms with Crippen molar-refractivity contribution in [1.82, 2.24) is 4.90 Å². The minimum absolute atomic E-state index is 0.0646. The van der Waals surface area contributed by atoms with Crippen molar-refractivity contribution < 1.29 is 19.0 Å². The summed E-state index contributed by atoms with van der Waals surface area (Å²) in [5.74, 6) is 2.19. The van der Waals surface area contributed by atoms with Gasteiger partial charge in [-0.15, -0.1) is 0 Å². The number of carbonyl (C=O) groups excluding carboxylic acids is 1. The van der Waals surface area contributed by atoms with Crippen molar-refractivity contribution >= 4 is 11.7 Å². The van der Waals surface area contributed by atoms with Crippen LogP contribution in [0.1, 0.15) is 24.4 Å². The Hall–Kier alpha value is -3.15. The molecule has 2 aromatic carbocycles. The molecule has 0 aliphatic carbocycles. The van der Waals surface area contributed by atoms with Gasteiger partial charge in [0.25, 0.3) is 0 Å². The second-order valence-electron chi connectivity index (χ2n) is 6.52. The van der Waals surface area contributed by atoms with Gasteiger partial charge in [-0.2, -0.15) is 0 Å². The van der Waals surface area contributed by atoms with Crippen LogP contribution in [0.4, 0.5) is 10.5 Å². The van der Waals surface area contributed by atoms with Gasteiger partial charge in [-0.05, 0) is 43.2 Å². The molecule has 1 unspecified atom stereocenters. The van der Waals surface area contributed by atoms with E-state index in [1.807, 2.05) is 41.3 Å². The van der Waals surface area contributed by atoms with Crippen molar-refractivity contribution in [2.24, 2.45) is 0 Å². The van der Waals surface area contributed by atoms with Gasteiger partial charge in [0.2, 0.25) is 0 Å². The predicted molar refractivity (Wildman–Crippen MR) is 109 cm³/mol. The van der Waals surface area contributed by atoms with E-state index in [1.165, 1.54) is 0 Å². The molecule has 3 rings (SSSR count). The molecule has 1 aliphatic heterocycles. The van der Waals surface area contributed by atoms with E-state index in [0.29, 0.717) is 24.6 Å². The van der Waals surface area contributed by atoms with Gasteiger partial charge in [-0.1, -0.05) is 18.7 Å². The first-order chi connectivity index (χ1) is 13.7. The molecule has 6 nitrogen and oxygen atoms in total. The minimum Gasteiger partial charge on any atom is -0.497 e. The highest BCUT2D eigenvalue weighted by Gasteiger charge is 2.32. The number of likely N-dealkylation sites (tertiary alicyclic amines) is 1. The molecule has 0 radical (unpaired) electrons. The van der Waals surface area contributed by atoms with E-state index >= 15 is 0 Å². The first-order valence-corrected chi connectivity index (χ1v) is 9.29. The number of methoxy groups -OCH3 is 2. The number of carbonyl (C=O) groups is 1. The summed E-state index contributed by atoms with van der Waals surface area (Å²) < 4.78 is 16.4. The van der Waals surface area contributed by atoms with E-state index in [9.17, 15) is 4.79 Å². The number of nitrogens with zero attached hydrogens (tertiary/aromatic N) is 1. The van der Waals surface area contributed by atoms with Gasteiger partial charge in [0.1, 0.15) is 23.9 Å². The molecule has 1 aliphatic rings. The molecule has 1 heterocycles. The first kappa shape index (κ1) is 19.6. The number of amides is 2. The third-order valence-electron chi connectivity index (χ3n) is 4.76. The Balaban J connectivity index is 1.78. The summed E-state index contributed by atoms with van der Waals surface area (Å²) in [7, 11) is 3.27. The first-order valence-electron chi connectivity index (χ1n) is 9.29. The van der Waals surface area contributed by atoms with Crippen molar-refractivity contribution in [3.8, 4) is 17.2 Å². The van der Waals surface area contributed by atoms with E-state index in [0.717, 1.165) is 29.9 Å². The number of hydrogen-bond acceptors (Lipinski definition) is 4. The molecule has 28 heavy (non-hydrogen) atoms. The SMILES string of the molecule is C=CCOc1cccc(NC(=O)N2CCCC2c2cc(OC)ccc2OC)c1. The molecule has 0 bridgehead atoms. The Bertz CT molecular complexity index is 837. The maximum atomic E-state index is 13.0. The van der Waals surface area contributed by atoms with Crippen LogP contribution in [-0.4, -0.2) is 38.3 Å². The Morgan fingerprint density at radius 1 is 1.21 bits per heavy atom. The highest BCUT2D eigenvalue weighted by Crippen LogP contribution is 2.39. The summed E-state index contributed by atoms with van der Waals surface area (Å²) in [6.45, 7) is 4.74. The third kappa shape index (κ3) is 4.39. The van der Waals surface area contributed by atoms with Crippen molar-refractivity contribution in [2.45, 2.75) is 18.9 Å². The highest BCUT2D eigenvalue weighted by molar-refractivity contribution is 5.90. The van der Waals surface area contributed by atoms with Gasteiger partial charge in [0, 0.05) is 23.9 Å². The number of benzene rings is 2. The molecule has 1 fully saturated rings. The zero-order valence-electron chi connectivity index (χ0n) is 16.3.